The number of aromatic nitrogens is 3. The van der Waals surface area contributed by atoms with Gasteiger partial charge in [0.15, 0.2) is 0 Å². The third kappa shape index (κ3) is 11.7. The van der Waals surface area contributed by atoms with Gasteiger partial charge in [0.05, 0.1) is 23.5 Å². The number of esters is 2. The molecule has 4 rings (SSSR count). The third-order valence-corrected chi connectivity index (χ3v) is 7.82. The van der Waals surface area contributed by atoms with E-state index in [-0.39, 0.29) is 48.4 Å². The molecule has 15 nitrogen and oxygen atoms in total. The summed E-state index contributed by atoms with van der Waals surface area (Å²) < 4.78 is 39.5. The van der Waals surface area contributed by atoms with E-state index in [2.05, 4.69) is 25.6 Å². The lowest BCUT2D eigenvalue weighted by Crippen LogP contribution is -2.42. The predicted octanol–water partition coefficient (Wildman–Crippen LogP) is 3.24. The summed E-state index contributed by atoms with van der Waals surface area (Å²) >= 11 is 0. The van der Waals surface area contributed by atoms with Crippen LogP contribution < -0.4 is 16.2 Å². The molecule has 0 bridgehead atoms. The van der Waals surface area contributed by atoms with Crippen LogP contribution in [0.4, 0.5) is 5.95 Å². The maximum Gasteiger partial charge on any atom is 0.328 e. The van der Waals surface area contributed by atoms with E-state index in [1.165, 1.54) is 19.1 Å². The lowest BCUT2D eigenvalue weighted by atomic mass is 10.0. The Morgan fingerprint density at radius 3 is 2.20 bits per heavy atom. The van der Waals surface area contributed by atoms with Crippen LogP contribution in [0.25, 0.3) is 11.0 Å². The zero-order chi connectivity index (χ0) is 36.1. The molecule has 4 aromatic rings. The van der Waals surface area contributed by atoms with Crippen LogP contribution >= 0.6 is 0 Å². The number of H-pyrrole nitrogens is 2. The normalized spacial score (nSPS) is 11.5. The van der Waals surface area contributed by atoms with Crippen molar-refractivity contribution in [3.63, 3.8) is 0 Å². The van der Waals surface area contributed by atoms with Gasteiger partial charge < -0.3 is 19.8 Å². The quantitative estimate of drug-likeness (QED) is 0.101. The molecule has 0 aliphatic heterocycles. The van der Waals surface area contributed by atoms with Crippen molar-refractivity contribution in [1.29, 1.82) is 0 Å². The number of benzene rings is 2. The van der Waals surface area contributed by atoms with Crippen molar-refractivity contribution < 1.29 is 41.6 Å². The molecular formula is C33H39N5O10S. The SMILES string of the molecule is CCOC(=O)CCC(NC(=O)c1ccc(CCc2c[nH]c3nc(NC(C)=O)[nH]c(=O)c23)cc1)C(=O)OCC.Cc1ccc(S(=O)(=O)O)cc1. The Balaban J connectivity index is 0.000000501. The van der Waals surface area contributed by atoms with Crippen molar-refractivity contribution >= 4 is 50.9 Å². The number of nitrogens with one attached hydrogen (secondary N) is 4. The van der Waals surface area contributed by atoms with Gasteiger partial charge in [-0.05, 0) is 75.4 Å². The summed E-state index contributed by atoms with van der Waals surface area (Å²) in [5.41, 5.74) is 3.01. The second-order valence-electron chi connectivity index (χ2n) is 10.7. The van der Waals surface area contributed by atoms with E-state index in [9.17, 15) is 32.4 Å². The van der Waals surface area contributed by atoms with Crippen LogP contribution in [0.5, 0.6) is 0 Å². The van der Waals surface area contributed by atoms with Gasteiger partial charge in [-0.1, -0.05) is 29.8 Å². The Morgan fingerprint density at radius 1 is 0.959 bits per heavy atom. The first-order valence-electron chi connectivity index (χ1n) is 15.4. The van der Waals surface area contributed by atoms with Gasteiger partial charge in [-0.3, -0.25) is 34.0 Å². The van der Waals surface area contributed by atoms with E-state index in [1.54, 1.807) is 56.4 Å². The first-order valence-corrected chi connectivity index (χ1v) is 16.8. The van der Waals surface area contributed by atoms with E-state index in [4.69, 9.17) is 14.0 Å². The number of nitrogens with zero attached hydrogens (tertiary/aromatic N) is 1. The number of amides is 2. The number of hydrogen-bond acceptors (Lipinski definition) is 10. The zero-order valence-electron chi connectivity index (χ0n) is 27.5. The van der Waals surface area contributed by atoms with Gasteiger partial charge in [0, 0.05) is 25.1 Å². The highest BCUT2D eigenvalue weighted by atomic mass is 32.2. The van der Waals surface area contributed by atoms with Crippen molar-refractivity contribution in [2.24, 2.45) is 0 Å². The molecule has 0 saturated carbocycles. The minimum Gasteiger partial charge on any atom is -0.466 e. The molecule has 0 spiro atoms. The van der Waals surface area contributed by atoms with Crippen molar-refractivity contribution in [3.8, 4) is 0 Å². The summed E-state index contributed by atoms with van der Waals surface area (Å²) in [5, 5.41) is 5.51. The minimum atomic E-state index is -4.02. The fourth-order valence-electron chi connectivity index (χ4n) is 4.57. The van der Waals surface area contributed by atoms with Crippen LogP contribution in [0.2, 0.25) is 0 Å². The molecule has 262 valence electrons. The Labute approximate surface area is 282 Å². The van der Waals surface area contributed by atoms with Gasteiger partial charge in [-0.2, -0.15) is 13.4 Å². The number of hydrogen-bond donors (Lipinski definition) is 5. The molecule has 16 heteroatoms. The van der Waals surface area contributed by atoms with Crippen molar-refractivity contribution in [3.05, 3.63) is 87.3 Å². The summed E-state index contributed by atoms with van der Waals surface area (Å²) in [7, 11) is -4.02. The van der Waals surface area contributed by atoms with Gasteiger partial charge in [0.1, 0.15) is 11.7 Å². The number of fused-ring (bicyclic) bond motifs is 1. The van der Waals surface area contributed by atoms with E-state index >= 15 is 0 Å². The zero-order valence-corrected chi connectivity index (χ0v) is 28.3. The number of aromatic amines is 2. The van der Waals surface area contributed by atoms with Gasteiger partial charge in [-0.15, -0.1) is 0 Å². The van der Waals surface area contributed by atoms with Crippen molar-refractivity contribution in [2.75, 3.05) is 18.5 Å². The molecule has 0 saturated heterocycles. The number of rotatable bonds is 13. The van der Waals surface area contributed by atoms with Crippen LogP contribution in [0.1, 0.15) is 60.7 Å². The highest BCUT2D eigenvalue weighted by Crippen LogP contribution is 2.17. The first kappa shape index (κ1) is 38.1. The maximum atomic E-state index is 12.8. The van der Waals surface area contributed by atoms with Crippen molar-refractivity contribution in [2.45, 2.75) is 64.3 Å². The second kappa shape index (κ2) is 17.7. The summed E-state index contributed by atoms with van der Waals surface area (Å²) in [4.78, 5) is 70.1. The highest BCUT2D eigenvalue weighted by molar-refractivity contribution is 7.85. The fourth-order valence-corrected chi connectivity index (χ4v) is 5.05. The molecule has 49 heavy (non-hydrogen) atoms. The lowest BCUT2D eigenvalue weighted by Gasteiger charge is -2.17. The van der Waals surface area contributed by atoms with Crippen LogP contribution in [0.3, 0.4) is 0 Å². The average Bonchev–Trinajstić information content (AvgIpc) is 3.45. The second-order valence-corrected chi connectivity index (χ2v) is 12.2. The van der Waals surface area contributed by atoms with E-state index in [0.717, 1.165) is 16.7 Å². The summed E-state index contributed by atoms with van der Waals surface area (Å²) in [6.45, 7) is 6.89. The van der Waals surface area contributed by atoms with Gasteiger partial charge in [0.2, 0.25) is 11.9 Å². The number of carbonyl (C=O) groups is 4. The van der Waals surface area contributed by atoms with Crippen LogP contribution in [0, 0.1) is 6.92 Å². The number of ether oxygens (including phenoxy) is 2. The number of carbonyl (C=O) groups excluding carboxylic acids is 4. The maximum absolute atomic E-state index is 12.8. The summed E-state index contributed by atoms with van der Waals surface area (Å²) in [6, 6.07) is 11.9. The molecule has 0 fully saturated rings. The summed E-state index contributed by atoms with van der Waals surface area (Å²) in [5.74, 6) is -1.81. The highest BCUT2D eigenvalue weighted by Gasteiger charge is 2.24. The molecule has 2 aromatic heterocycles. The van der Waals surface area contributed by atoms with Gasteiger partial charge in [0.25, 0.3) is 21.6 Å². The minimum absolute atomic E-state index is 0.0305. The fraction of sp³-hybridized carbons (Fsp3) is 0.333. The average molecular weight is 698 g/mol. The standard InChI is InChI=1S/C26H31N5O7.C7H8O3S/c1-4-37-20(33)13-12-19(25(36)38-5-2)29-23(34)17-9-6-16(7-10-17)8-11-18-14-27-22-21(18)24(35)31-26(30-22)28-15(3)32;1-6-2-4-7(5-3-6)11(8,9)10/h6-7,9-10,14,19H,4-5,8,11-13H2,1-3H3,(H,29,34)(H3,27,28,30,31,32,35);2-5H,1H3,(H,8,9,10). The Bertz CT molecular complexity index is 1940. The third-order valence-electron chi connectivity index (χ3n) is 6.95. The number of aryl methyl sites for hydroxylation is 3. The first-order chi connectivity index (χ1) is 23.2. The Kier molecular flexibility index (Phi) is 13.8. The molecule has 2 heterocycles. The predicted molar refractivity (Wildman–Crippen MR) is 180 cm³/mol. The molecule has 2 aromatic carbocycles. The van der Waals surface area contributed by atoms with E-state index < -0.39 is 34.0 Å². The molecule has 1 atom stereocenters. The van der Waals surface area contributed by atoms with Gasteiger partial charge in [-0.25, -0.2) is 4.79 Å². The van der Waals surface area contributed by atoms with Crippen LogP contribution in [-0.4, -0.2) is 70.9 Å². The lowest BCUT2D eigenvalue weighted by molar-refractivity contribution is -0.146. The molecule has 0 radical (unpaired) electrons. The van der Waals surface area contributed by atoms with Crippen molar-refractivity contribution in [1.82, 2.24) is 20.3 Å². The molecule has 0 aliphatic carbocycles. The molecule has 1 unspecified atom stereocenters. The largest absolute Gasteiger partial charge is 0.466 e. The smallest absolute Gasteiger partial charge is 0.328 e. The molecule has 5 N–H and O–H groups in total. The number of anilines is 1. The van der Waals surface area contributed by atoms with Gasteiger partial charge >= 0.3 is 11.9 Å². The van der Waals surface area contributed by atoms with Crippen LogP contribution in [0.15, 0.2) is 64.4 Å². The van der Waals surface area contributed by atoms with Crippen LogP contribution in [-0.2, 0) is 46.8 Å². The molecule has 0 aliphatic rings. The molecular weight excluding hydrogens is 658 g/mol. The summed E-state index contributed by atoms with van der Waals surface area (Å²) in [6.07, 6.45) is 2.86. The Morgan fingerprint density at radius 2 is 1.61 bits per heavy atom. The van der Waals surface area contributed by atoms with E-state index in [1.807, 2.05) is 6.92 Å². The van der Waals surface area contributed by atoms with E-state index in [0.29, 0.717) is 29.4 Å². The topological polar surface area (TPSA) is 227 Å². The monoisotopic (exact) mass is 697 g/mol. The Hall–Kier alpha value is -5.35. The molecule has 2 amide bonds.